The lowest BCUT2D eigenvalue weighted by molar-refractivity contribution is -0.151. The number of piperidine rings is 1. The number of halogens is 1. The number of rotatable bonds is 1. The summed E-state index contributed by atoms with van der Waals surface area (Å²) in [5, 5.41) is 13.1. The van der Waals surface area contributed by atoms with Crippen LogP contribution in [-0.2, 0) is 4.79 Å². The van der Waals surface area contributed by atoms with E-state index in [9.17, 15) is 9.90 Å². The van der Waals surface area contributed by atoms with Gasteiger partial charge in [-0.15, -0.1) is 11.6 Å². The van der Waals surface area contributed by atoms with Gasteiger partial charge in [0.25, 0.3) is 0 Å². The first kappa shape index (κ1) is 11.2. The Hall–Kier alpha value is -0.320. The van der Waals surface area contributed by atoms with Gasteiger partial charge in [0.05, 0.1) is 12.0 Å². The maximum atomic E-state index is 12.0. The van der Waals surface area contributed by atoms with Gasteiger partial charge in [-0.05, 0) is 19.8 Å². The number of hydrogen-bond acceptors (Lipinski definition) is 3. The Balaban J connectivity index is 2.16. The number of hydrogen-bond donors (Lipinski definition) is 2. The van der Waals surface area contributed by atoms with Gasteiger partial charge in [-0.25, -0.2) is 0 Å². The van der Waals surface area contributed by atoms with Crippen molar-refractivity contribution in [2.24, 2.45) is 5.92 Å². The van der Waals surface area contributed by atoms with Gasteiger partial charge in [-0.1, -0.05) is 0 Å². The van der Waals surface area contributed by atoms with E-state index in [2.05, 4.69) is 5.32 Å². The highest BCUT2D eigenvalue weighted by atomic mass is 35.5. The van der Waals surface area contributed by atoms with Crippen molar-refractivity contribution in [1.82, 2.24) is 10.2 Å². The molecule has 1 amide bonds. The largest absolute Gasteiger partial charge is 0.390 e. The second-order valence-corrected chi connectivity index (χ2v) is 4.71. The number of alkyl halides is 1. The molecule has 0 bridgehead atoms. The van der Waals surface area contributed by atoms with Crippen LogP contribution in [0.2, 0.25) is 0 Å². The van der Waals surface area contributed by atoms with Crippen LogP contribution in [0, 0.1) is 5.92 Å². The van der Waals surface area contributed by atoms with Crippen molar-refractivity contribution in [3.8, 4) is 0 Å². The molecule has 0 aliphatic carbocycles. The average Bonchev–Trinajstić information content (AvgIpc) is 2.20. The summed E-state index contributed by atoms with van der Waals surface area (Å²) in [6.07, 6.45) is 0.982. The number of carbonyl (C=O) groups excluding carboxylic acids is 1. The second kappa shape index (κ2) is 4.28. The van der Waals surface area contributed by atoms with Gasteiger partial charge in [0.2, 0.25) is 5.91 Å². The summed E-state index contributed by atoms with van der Waals surface area (Å²) in [7, 11) is 0. The fraction of sp³-hybridized carbons (Fsp3) is 0.900. The molecule has 2 rings (SSSR count). The molecule has 2 N–H and O–H groups in total. The third-order valence-electron chi connectivity index (χ3n) is 3.40. The van der Waals surface area contributed by atoms with Gasteiger partial charge >= 0.3 is 0 Å². The Morgan fingerprint density at radius 2 is 2.40 bits per heavy atom. The van der Waals surface area contributed by atoms with Crippen molar-refractivity contribution in [3.63, 3.8) is 0 Å². The molecule has 4 unspecified atom stereocenters. The number of fused-ring (bicyclic) bond motifs is 1. The maximum Gasteiger partial charge on any atom is 0.229 e. The smallest absolute Gasteiger partial charge is 0.229 e. The summed E-state index contributed by atoms with van der Waals surface area (Å²) in [5.41, 5.74) is 0. The average molecular weight is 233 g/mol. The number of nitrogens with one attached hydrogen (secondary N) is 1. The molecule has 0 saturated carbocycles. The Bertz CT molecular complexity index is 262. The highest BCUT2D eigenvalue weighted by Gasteiger charge is 2.43. The van der Waals surface area contributed by atoms with E-state index in [1.807, 2.05) is 6.92 Å². The predicted molar refractivity (Wildman–Crippen MR) is 57.5 cm³/mol. The van der Waals surface area contributed by atoms with Gasteiger partial charge < -0.3 is 10.0 Å². The first-order valence-corrected chi connectivity index (χ1v) is 5.99. The normalized spacial score (nSPS) is 41.5. The standard InChI is InChI=1S/C10H17ClN2O2/c1-6-7(5-11)10(15)13-4-2-3-8(14)9(13)12-6/h6-9,12,14H,2-5H2,1H3. The lowest BCUT2D eigenvalue weighted by atomic mass is 9.92. The summed E-state index contributed by atoms with van der Waals surface area (Å²) >= 11 is 5.79. The lowest BCUT2D eigenvalue weighted by Gasteiger charge is -2.47. The lowest BCUT2D eigenvalue weighted by Crippen LogP contribution is -2.68. The molecular weight excluding hydrogens is 216 g/mol. The minimum Gasteiger partial charge on any atom is -0.390 e. The summed E-state index contributed by atoms with van der Waals surface area (Å²) in [5.74, 6) is 0.264. The zero-order chi connectivity index (χ0) is 11.0. The van der Waals surface area contributed by atoms with E-state index in [1.54, 1.807) is 4.90 Å². The quantitative estimate of drug-likeness (QED) is 0.633. The predicted octanol–water partition coefficient (Wildman–Crippen LogP) is 0.142. The van der Waals surface area contributed by atoms with E-state index in [0.29, 0.717) is 5.88 Å². The van der Waals surface area contributed by atoms with Crippen LogP contribution in [0.1, 0.15) is 19.8 Å². The summed E-state index contributed by atoms with van der Waals surface area (Å²) in [6, 6.07) is 0.0454. The Morgan fingerprint density at radius 1 is 1.67 bits per heavy atom. The fourth-order valence-electron chi connectivity index (χ4n) is 2.44. The van der Waals surface area contributed by atoms with Crippen molar-refractivity contribution in [1.29, 1.82) is 0 Å². The van der Waals surface area contributed by atoms with E-state index < -0.39 is 6.10 Å². The molecule has 0 spiro atoms. The van der Waals surface area contributed by atoms with E-state index >= 15 is 0 Å². The molecule has 86 valence electrons. The molecule has 5 heteroatoms. The maximum absolute atomic E-state index is 12.0. The zero-order valence-electron chi connectivity index (χ0n) is 8.82. The minimum absolute atomic E-state index is 0.0454. The first-order valence-electron chi connectivity index (χ1n) is 5.45. The molecule has 15 heavy (non-hydrogen) atoms. The van der Waals surface area contributed by atoms with E-state index in [1.165, 1.54) is 0 Å². The molecule has 0 radical (unpaired) electrons. The monoisotopic (exact) mass is 232 g/mol. The molecule has 2 aliphatic heterocycles. The van der Waals surface area contributed by atoms with Crippen molar-refractivity contribution in [2.75, 3.05) is 12.4 Å². The molecule has 2 aliphatic rings. The first-order chi connectivity index (χ1) is 7.15. The van der Waals surface area contributed by atoms with Gasteiger partial charge in [0, 0.05) is 18.5 Å². The zero-order valence-corrected chi connectivity index (χ0v) is 9.57. The number of nitrogens with zero attached hydrogens (tertiary/aromatic N) is 1. The number of carbonyl (C=O) groups is 1. The number of amides is 1. The Kier molecular flexibility index (Phi) is 3.19. The highest BCUT2D eigenvalue weighted by Crippen LogP contribution is 2.25. The van der Waals surface area contributed by atoms with E-state index in [4.69, 9.17) is 11.6 Å². The summed E-state index contributed by atoms with van der Waals surface area (Å²) in [4.78, 5) is 13.8. The van der Waals surface area contributed by atoms with Crippen LogP contribution in [0.5, 0.6) is 0 Å². The summed E-state index contributed by atoms with van der Waals surface area (Å²) < 4.78 is 0. The second-order valence-electron chi connectivity index (χ2n) is 4.40. The van der Waals surface area contributed by atoms with Crippen molar-refractivity contribution < 1.29 is 9.90 Å². The minimum atomic E-state index is -0.443. The van der Waals surface area contributed by atoms with Crippen LogP contribution < -0.4 is 5.32 Å². The van der Waals surface area contributed by atoms with Gasteiger partial charge in [0.1, 0.15) is 6.17 Å². The number of aliphatic hydroxyl groups is 1. The molecule has 0 aromatic heterocycles. The molecule has 0 aromatic carbocycles. The molecule has 2 heterocycles. The van der Waals surface area contributed by atoms with Crippen LogP contribution in [-0.4, -0.2) is 46.6 Å². The van der Waals surface area contributed by atoms with Gasteiger partial charge in [0.15, 0.2) is 0 Å². The van der Waals surface area contributed by atoms with E-state index in [-0.39, 0.29) is 24.0 Å². The van der Waals surface area contributed by atoms with Gasteiger partial charge in [-0.3, -0.25) is 10.1 Å². The molecule has 2 saturated heterocycles. The molecular formula is C10H17ClN2O2. The number of aliphatic hydroxyl groups excluding tert-OH is 1. The third kappa shape index (κ3) is 1.86. The van der Waals surface area contributed by atoms with E-state index in [0.717, 1.165) is 19.4 Å². The van der Waals surface area contributed by atoms with Crippen LogP contribution in [0.4, 0.5) is 0 Å². The topological polar surface area (TPSA) is 52.6 Å². The fourth-order valence-corrected chi connectivity index (χ4v) is 2.84. The Labute approximate surface area is 94.6 Å². The van der Waals surface area contributed by atoms with Crippen molar-refractivity contribution >= 4 is 17.5 Å². The van der Waals surface area contributed by atoms with Crippen LogP contribution in [0.25, 0.3) is 0 Å². The highest BCUT2D eigenvalue weighted by molar-refractivity contribution is 6.19. The Morgan fingerprint density at radius 3 is 3.07 bits per heavy atom. The SMILES string of the molecule is CC1NC2C(O)CCCN2C(=O)C1CCl. The van der Waals surface area contributed by atoms with Gasteiger partial charge in [-0.2, -0.15) is 0 Å². The molecule has 2 fully saturated rings. The van der Waals surface area contributed by atoms with Crippen molar-refractivity contribution in [2.45, 2.75) is 38.1 Å². The molecule has 0 aromatic rings. The van der Waals surface area contributed by atoms with Crippen LogP contribution in [0.3, 0.4) is 0 Å². The summed E-state index contributed by atoms with van der Waals surface area (Å²) in [6.45, 7) is 2.68. The molecule has 4 nitrogen and oxygen atoms in total. The van der Waals surface area contributed by atoms with Crippen LogP contribution >= 0.6 is 11.6 Å². The van der Waals surface area contributed by atoms with Crippen molar-refractivity contribution in [3.05, 3.63) is 0 Å². The third-order valence-corrected chi connectivity index (χ3v) is 3.74. The molecule has 4 atom stereocenters. The van der Waals surface area contributed by atoms with Crippen LogP contribution in [0.15, 0.2) is 0 Å².